The number of ether oxygens (including phenoxy) is 1. The van der Waals surface area contributed by atoms with Crippen LogP contribution in [0.4, 0.5) is 10.7 Å². The lowest BCUT2D eigenvalue weighted by Gasteiger charge is -2.31. The number of carbonyl (C=O) groups excluding carboxylic acids is 1. The van der Waals surface area contributed by atoms with E-state index < -0.39 is 6.09 Å². The van der Waals surface area contributed by atoms with E-state index in [9.17, 15) is 4.79 Å². The molecule has 37 heavy (non-hydrogen) atoms. The van der Waals surface area contributed by atoms with Gasteiger partial charge in [-0.2, -0.15) is 0 Å². The molecule has 0 atom stereocenters. The van der Waals surface area contributed by atoms with E-state index in [4.69, 9.17) is 4.74 Å². The highest BCUT2D eigenvalue weighted by molar-refractivity contribution is 6.04. The van der Waals surface area contributed by atoms with E-state index in [1.54, 1.807) is 18.5 Å². The van der Waals surface area contributed by atoms with Gasteiger partial charge in [0.1, 0.15) is 11.0 Å². The van der Waals surface area contributed by atoms with Crippen molar-refractivity contribution in [2.45, 2.75) is 6.54 Å². The van der Waals surface area contributed by atoms with E-state index in [0.29, 0.717) is 22.7 Å². The molecule has 186 valence electrons. The molecule has 0 radical (unpaired) electrons. The van der Waals surface area contributed by atoms with Crippen molar-refractivity contribution >= 4 is 33.8 Å². The number of nitrogens with zero attached hydrogens (tertiary/aromatic N) is 6. The van der Waals surface area contributed by atoms with Crippen LogP contribution in [0, 0.1) is 0 Å². The Kier molecular flexibility index (Phi) is 6.17. The topological polar surface area (TPSA) is 112 Å². The highest BCUT2D eigenvalue weighted by Crippen LogP contribution is 2.35. The van der Waals surface area contributed by atoms with Crippen LogP contribution in [-0.2, 0) is 6.54 Å². The summed E-state index contributed by atoms with van der Waals surface area (Å²) in [5.41, 5.74) is 3.77. The molecule has 1 fully saturated rings. The Hall–Kier alpha value is -4.41. The zero-order chi connectivity index (χ0) is 25.2. The van der Waals surface area contributed by atoms with Gasteiger partial charge in [-0.15, -0.1) is 0 Å². The fraction of sp³-hybridized carbons (Fsp3) is 0.222. The highest BCUT2D eigenvalue weighted by Gasteiger charge is 2.18. The van der Waals surface area contributed by atoms with Gasteiger partial charge in [-0.3, -0.25) is 20.2 Å². The lowest BCUT2D eigenvalue weighted by atomic mass is 9.99. The molecule has 0 unspecified atom stereocenters. The quantitative estimate of drug-likeness (QED) is 0.378. The molecule has 1 amide bonds. The Balaban J connectivity index is 1.21. The van der Waals surface area contributed by atoms with Crippen LogP contribution in [0.5, 0.6) is 5.75 Å². The van der Waals surface area contributed by atoms with E-state index in [0.717, 1.165) is 60.3 Å². The summed E-state index contributed by atoms with van der Waals surface area (Å²) < 4.78 is 5.64. The van der Waals surface area contributed by atoms with E-state index >= 15 is 0 Å². The number of imidazole rings is 1. The van der Waals surface area contributed by atoms with Crippen molar-refractivity contribution in [1.82, 2.24) is 34.7 Å². The summed E-state index contributed by atoms with van der Waals surface area (Å²) >= 11 is 0. The predicted octanol–water partition coefficient (Wildman–Crippen LogP) is 3.93. The van der Waals surface area contributed by atoms with E-state index in [2.05, 4.69) is 47.1 Å². The number of pyridine rings is 1. The predicted molar refractivity (Wildman–Crippen MR) is 141 cm³/mol. The van der Waals surface area contributed by atoms with Crippen molar-refractivity contribution in [1.29, 1.82) is 0 Å². The number of fused-ring (bicyclic) bond motifs is 2. The number of nitrogens with one attached hydrogen (secondary N) is 2. The molecule has 1 aliphatic heterocycles. The van der Waals surface area contributed by atoms with E-state index in [1.807, 2.05) is 48.9 Å². The van der Waals surface area contributed by atoms with Gasteiger partial charge in [-0.05, 0) is 24.6 Å². The minimum absolute atomic E-state index is 0.307. The summed E-state index contributed by atoms with van der Waals surface area (Å²) in [4.78, 5) is 38.3. The number of H-pyrrole nitrogens is 1. The SMILES string of the molecule is CN1CCN(Cc2c[nH]c(NC(=O)Oc3ccc(-c4cncc5ccccc45)c4nccnc34)n2)CC1. The minimum atomic E-state index is -0.660. The standard InChI is InChI=1S/C27H26N8O2/c1-34-10-12-35(13-11-34)17-19-15-31-26(32-19)33-27(36)37-23-7-6-21(24-25(23)30-9-8-29-24)22-16-28-14-18-4-2-3-5-20(18)22/h2-9,14-16H,10-13,17H2,1H3,(H2,31,32,33,36). The molecule has 10 heteroatoms. The molecule has 3 aromatic heterocycles. The Morgan fingerprint density at radius 3 is 2.68 bits per heavy atom. The first kappa shape index (κ1) is 23.0. The molecule has 0 saturated carbocycles. The normalized spacial score (nSPS) is 14.7. The summed E-state index contributed by atoms with van der Waals surface area (Å²) in [6.07, 6.45) is 8.00. The molecule has 10 nitrogen and oxygen atoms in total. The number of aromatic nitrogens is 5. The van der Waals surface area contributed by atoms with Gasteiger partial charge in [0.15, 0.2) is 5.75 Å². The molecule has 2 aromatic carbocycles. The third-order valence-electron chi connectivity index (χ3n) is 6.58. The summed E-state index contributed by atoms with van der Waals surface area (Å²) in [6, 6.07) is 11.7. The first-order valence-electron chi connectivity index (χ1n) is 12.1. The van der Waals surface area contributed by atoms with Crippen LogP contribution >= 0.6 is 0 Å². The monoisotopic (exact) mass is 494 g/mol. The van der Waals surface area contributed by atoms with Crippen molar-refractivity contribution in [3.63, 3.8) is 0 Å². The average molecular weight is 495 g/mol. The number of piperazine rings is 1. The molecule has 6 rings (SSSR count). The van der Waals surface area contributed by atoms with Crippen molar-refractivity contribution in [3.8, 4) is 16.9 Å². The Labute approximate surface area is 213 Å². The van der Waals surface area contributed by atoms with Gasteiger partial charge in [0.2, 0.25) is 5.95 Å². The van der Waals surface area contributed by atoms with Crippen molar-refractivity contribution in [2.24, 2.45) is 0 Å². The first-order chi connectivity index (χ1) is 18.1. The highest BCUT2D eigenvalue weighted by atomic mass is 16.6. The van der Waals surface area contributed by atoms with Gasteiger partial charge >= 0.3 is 6.09 Å². The number of hydrogen-bond donors (Lipinski definition) is 2. The molecule has 5 aromatic rings. The fourth-order valence-corrected chi connectivity index (χ4v) is 4.63. The zero-order valence-corrected chi connectivity index (χ0v) is 20.4. The Morgan fingerprint density at radius 1 is 1.00 bits per heavy atom. The summed E-state index contributed by atoms with van der Waals surface area (Å²) in [7, 11) is 2.13. The maximum absolute atomic E-state index is 12.7. The zero-order valence-electron chi connectivity index (χ0n) is 20.4. The average Bonchev–Trinajstić information content (AvgIpc) is 3.36. The first-order valence-corrected chi connectivity index (χ1v) is 12.1. The van der Waals surface area contributed by atoms with Gasteiger partial charge in [-0.1, -0.05) is 24.3 Å². The molecule has 1 saturated heterocycles. The van der Waals surface area contributed by atoms with Crippen LogP contribution in [0.15, 0.2) is 67.4 Å². The number of benzene rings is 2. The van der Waals surface area contributed by atoms with Gasteiger partial charge in [-0.25, -0.2) is 14.8 Å². The molecular formula is C27H26N8O2. The van der Waals surface area contributed by atoms with Crippen molar-refractivity contribution in [2.75, 3.05) is 38.5 Å². The molecule has 0 spiro atoms. The number of rotatable bonds is 5. The Morgan fingerprint density at radius 2 is 1.81 bits per heavy atom. The second-order valence-electron chi connectivity index (χ2n) is 9.11. The number of carbonyl (C=O) groups is 1. The number of anilines is 1. The number of hydrogen-bond acceptors (Lipinski definition) is 8. The van der Waals surface area contributed by atoms with Crippen LogP contribution in [0.2, 0.25) is 0 Å². The third-order valence-corrected chi connectivity index (χ3v) is 6.58. The summed E-state index contributed by atoms with van der Waals surface area (Å²) in [5.74, 6) is 0.643. The van der Waals surface area contributed by atoms with Crippen LogP contribution in [0.25, 0.3) is 32.9 Å². The number of amides is 1. The van der Waals surface area contributed by atoms with Gasteiger partial charge < -0.3 is 14.6 Å². The largest absolute Gasteiger partial charge is 0.419 e. The molecule has 0 aliphatic carbocycles. The molecular weight excluding hydrogens is 468 g/mol. The molecule has 0 bridgehead atoms. The second-order valence-corrected chi connectivity index (χ2v) is 9.11. The van der Waals surface area contributed by atoms with Crippen LogP contribution in [0.3, 0.4) is 0 Å². The Bertz CT molecular complexity index is 1570. The smallest absolute Gasteiger partial charge is 0.408 e. The molecule has 2 N–H and O–H groups in total. The van der Waals surface area contributed by atoms with Gasteiger partial charge in [0, 0.05) is 80.2 Å². The van der Waals surface area contributed by atoms with Gasteiger partial charge in [0.25, 0.3) is 0 Å². The maximum atomic E-state index is 12.7. The second kappa shape index (κ2) is 9.92. The van der Waals surface area contributed by atoms with Crippen molar-refractivity contribution < 1.29 is 9.53 Å². The fourth-order valence-electron chi connectivity index (χ4n) is 4.63. The van der Waals surface area contributed by atoms with Gasteiger partial charge in [0.05, 0.1) is 5.69 Å². The van der Waals surface area contributed by atoms with Crippen molar-refractivity contribution in [3.05, 3.63) is 73.1 Å². The minimum Gasteiger partial charge on any atom is -0.408 e. The molecule has 1 aliphatic rings. The molecule has 4 heterocycles. The van der Waals surface area contributed by atoms with Crippen LogP contribution in [-0.4, -0.2) is 74.0 Å². The van der Waals surface area contributed by atoms with Crippen LogP contribution < -0.4 is 10.1 Å². The van der Waals surface area contributed by atoms with E-state index in [1.165, 1.54) is 0 Å². The summed E-state index contributed by atoms with van der Waals surface area (Å²) in [6.45, 7) is 4.79. The number of aromatic amines is 1. The third kappa shape index (κ3) is 4.84. The lowest BCUT2D eigenvalue weighted by molar-refractivity contribution is 0.147. The number of likely N-dealkylation sites (N-methyl/N-ethyl adjacent to an activating group) is 1. The maximum Gasteiger partial charge on any atom is 0.419 e. The lowest BCUT2D eigenvalue weighted by Crippen LogP contribution is -2.43. The van der Waals surface area contributed by atoms with Crippen LogP contribution in [0.1, 0.15) is 5.69 Å². The summed E-state index contributed by atoms with van der Waals surface area (Å²) in [5, 5.41) is 4.76. The van der Waals surface area contributed by atoms with E-state index in [-0.39, 0.29) is 0 Å².